The molecule has 112 valence electrons. The second kappa shape index (κ2) is 6.75. The minimum atomic E-state index is -3.54. The van der Waals surface area contributed by atoms with Gasteiger partial charge in [-0.05, 0) is 53.4 Å². The lowest BCUT2D eigenvalue weighted by Crippen LogP contribution is -2.44. The first-order valence-corrected chi connectivity index (χ1v) is 9.15. The Kier molecular flexibility index (Phi) is 5.48. The molecule has 1 saturated carbocycles. The number of nitrogens with zero attached hydrogens (tertiary/aromatic N) is 1. The fourth-order valence-electron chi connectivity index (χ4n) is 2.17. The Labute approximate surface area is 132 Å². The van der Waals surface area contributed by atoms with Gasteiger partial charge in [0.05, 0.1) is 9.92 Å². The molecule has 1 aromatic carbocycles. The van der Waals surface area contributed by atoms with Crippen LogP contribution in [0.1, 0.15) is 25.7 Å². The Morgan fingerprint density at radius 3 is 2.60 bits per heavy atom. The van der Waals surface area contributed by atoms with E-state index in [1.165, 1.54) is 16.4 Å². The van der Waals surface area contributed by atoms with Gasteiger partial charge in [0.2, 0.25) is 10.0 Å². The first-order chi connectivity index (χ1) is 9.46. The molecule has 1 aromatic rings. The Bertz CT molecular complexity index is 575. The van der Waals surface area contributed by atoms with Gasteiger partial charge in [-0.1, -0.05) is 18.0 Å². The van der Waals surface area contributed by atoms with Crippen molar-refractivity contribution in [2.75, 3.05) is 13.2 Å². The molecule has 0 spiro atoms. The van der Waals surface area contributed by atoms with Crippen molar-refractivity contribution in [2.45, 2.75) is 36.6 Å². The van der Waals surface area contributed by atoms with Crippen LogP contribution in [0.2, 0.25) is 5.02 Å². The lowest BCUT2D eigenvalue weighted by molar-refractivity contribution is 0.198. The molecule has 4 nitrogen and oxygen atoms in total. The van der Waals surface area contributed by atoms with Crippen LogP contribution in [0.15, 0.2) is 27.6 Å². The van der Waals surface area contributed by atoms with Crippen molar-refractivity contribution in [3.05, 3.63) is 27.7 Å². The van der Waals surface area contributed by atoms with Crippen molar-refractivity contribution < 1.29 is 13.5 Å². The molecule has 2 rings (SSSR count). The molecule has 0 radical (unpaired) electrons. The van der Waals surface area contributed by atoms with Crippen molar-refractivity contribution in [2.24, 2.45) is 0 Å². The van der Waals surface area contributed by atoms with E-state index in [2.05, 4.69) is 15.9 Å². The molecule has 0 unspecified atom stereocenters. The van der Waals surface area contributed by atoms with Crippen LogP contribution in [0.3, 0.4) is 0 Å². The quantitative estimate of drug-likeness (QED) is 0.823. The Hall–Kier alpha value is -0.140. The van der Waals surface area contributed by atoms with Crippen molar-refractivity contribution in [1.29, 1.82) is 0 Å². The number of benzene rings is 1. The highest BCUT2D eigenvalue weighted by molar-refractivity contribution is 9.10. The molecule has 1 aliphatic rings. The van der Waals surface area contributed by atoms with Crippen molar-refractivity contribution in [3.63, 3.8) is 0 Å². The molecular weight excluding hydrogens is 366 g/mol. The van der Waals surface area contributed by atoms with Crippen LogP contribution in [0.4, 0.5) is 0 Å². The average molecular weight is 383 g/mol. The molecule has 0 heterocycles. The van der Waals surface area contributed by atoms with Crippen LogP contribution in [-0.2, 0) is 10.0 Å². The lowest BCUT2D eigenvalue weighted by atomic mass is 9.93. The molecule has 7 heteroatoms. The number of halogens is 2. The summed E-state index contributed by atoms with van der Waals surface area (Å²) in [5.74, 6) is 0. The Morgan fingerprint density at radius 2 is 2.10 bits per heavy atom. The highest BCUT2D eigenvalue weighted by atomic mass is 79.9. The molecule has 0 aromatic heterocycles. The summed E-state index contributed by atoms with van der Waals surface area (Å²) < 4.78 is 27.5. The van der Waals surface area contributed by atoms with Gasteiger partial charge in [0.25, 0.3) is 0 Å². The molecule has 0 saturated heterocycles. The van der Waals surface area contributed by atoms with Gasteiger partial charge in [0.1, 0.15) is 0 Å². The van der Waals surface area contributed by atoms with Crippen molar-refractivity contribution in [3.8, 4) is 0 Å². The number of hydrogen-bond acceptors (Lipinski definition) is 3. The largest absolute Gasteiger partial charge is 0.396 e. The first-order valence-electron chi connectivity index (χ1n) is 6.54. The average Bonchev–Trinajstić information content (AvgIpc) is 2.35. The minimum Gasteiger partial charge on any atom is -0.396 e. The zero-order valence-corrected chi connectivity index (χ0v) is 14.1. The van der Waals surface area contributed by atoms with Crippen LogP contribution in [0.5, 0.6) is 0 Å². The maximum Gasteiger partial charge on any atom is 0.243 e. The maximum absolute atomic E-state index is 12.7. The molecule has 0 bridgehead atoms. The summed E-state index contributed by atoms with van der Waals surface area (Å²) in [6, 6.07) is 4.68. The smallest absolute Gasteiger partial charge is 0.243 e. The third-order valence-corrected chi connectivity index (χ3v) is 6.68. The second-order valence-corrected chi connectivity index (χ2v) is 8.01. The topological polar surface area (TPSA) is 57.6 Å². The van der Waals surface area contributed by atoms with E-state index in [0.29, 0.717) is 22.5 Å². The summed E-state index contributed by atoms with van der Waals surface area (Å²) in [4.78, 5) is 0.235. The van der Waals surface area contributed by atoms with E-state index in [9.17, 15) is 8.42 Å². The van der Waals surface area contributed by atoms with E-state index in [-0.39, 0.29) is 17.5 Å². The number of aliphatic hydroxyl groups is 1. The zero-order valence-electron chi connectivity index (χ0n) is 10.9. The van der Waals surface area contributed by atoms with Gasteiger partial charge in [0, 0.05) is 23.7 Å². The number of hydrogen-bond donors (Lipinski definition) is 1. The molecular formula is C13H17BrClNO3S. The van der Waals surface area contributed by atoms with Crippen LogP contribution < -0.4 is 0 Å². The summed E-state index contributed by atoms with van der Waals surface area (Å²) >= 11 is 9.16. The predicted octanol–water partition coefficient (Wildman–Crippen LogP) is 3.03. The monoisotopic (exact) mass is 381 g/mol. The van der Waals surface area contributed by atoms with Gasteiger partial charge in [0.15, 0.2) is 0 Å². The summed E-state index contributed by atoms with van der Waals surface area (Å²) in [6.07, 6.45) is 3.28. The predicted molar refractivity (Wildman–Crippen MR) is 82.4 cm³/mol. The van der Waals surface area contributed by atoms with Gasteiger partial charge in [-0.3, -0.25) is 0 Å². The number of aliphatic hydroxyl groups excluding tert-OH is 1. The van der Waals surface area contributed by atoms with E-state index in [4.69, 9.17) is 16.7 Å². The summed E-state index contributed by atoms with van der Waals surface area (Å²) in [7, 11) is -3.54. The molecule has 0 aliphatic heterocycles. The van der Waals surface area contributed by atoms with Gasteiger partial charge in [-0.15, -0.1) is 0 Å². The van der Waals surface area contributed by atoms with E-state index in [0.717, 1.165) is 19.3 Å². The Balaban J connectivity index is 2.30. The normalized spacial score (nSPS) is 16.4. The van der Waals surface area contributed by atoms with Gasteiger partial charge >= 0.3 is 0 Å². The van der Waals surface area contributed by atoms with Crippen LogP contribution in [0, 0.1) is 0 Å². The summed E-state index contributed by atoms with van der Waals surface area (Å²) in [5, 5.41) is 9.44. The lowest BCUT2D eigenvalue weighted by Gasteiger charge is -2.36. The van der Waals surface area contributed by atoms with Crippen molar-refractivity contribution >= 4 is 37.6 Å². The highest BCUT2D eigenvalue weighted by Crippen LogP contribution is 2.32. The molecule has 0 amide bonds. The fourth-order valence-corrected chi connectivity index (χ4v) is 4.57. The van der Waals surface area contributed by atoms with E-state index in [1.54, 1.807) is 6.07 Å². The maximum atomic E-state index is 12.7. The Morgan fingerprint density at radius 1 is 1.40 bits per heavy atom. The van der Waals surface area contributed by atoms with E-state index >= 15 is 0 Å². The molecule has 1 N–H and O–H groups in total. The molecule has 1 aliphatic carbocycles. The first kappa shape index (κ1) is 16.2. The van der Waals surface area contributed by atoms with Gasteiger partial charge < -0.3 is 5.11 Å². The highest BCUT2D eigenvalue weighted by Gasteiger charge is 2.34. The summed E-state index contributed by atoms with van der Waals surface area (Å²) in [6.45, 7) is 0.340. The fraction of sp³-hybridized carbons (Fsp3) is 0.538. The summed E-state index contributed by atoms with van der Waals surface area (Å²) in [5.41, 5.74) is 0. The van der Waals surface area contributed by atoms with E-state index < -0.39 is 10.0 Å². The number of rotatable bonds is 6. The molecule has 1 fully saturated rings. The third-order valence-electron chi connectivity index (χ3n) is 3.52. The van der Waals surface area contributed by atoms with Crippen LogP contribution in [-0.4, -0.2) is 37.0 Å². The zero-order chi connectivity index (χ0) is 14.8. The minimum absolute atomic E-state index is 0.0109. The molecule has 0 atom stereocenters. The van der Waals surface area contributed by atoms with Crippen LogP contribution in [0.25, 0.3) is 0 Å². The second-order valence-electron chi connectivity index (χ2n) is 4.85. The molecule has 20 heavy (non-hydrogen) atoms. The SMILES string of the molecule is O=S(=O)(c1ccc(Cl)c(Br)c1)N(CCCO)C1CCC1. The van der Waals surface area contributed by atoms with Gasteiger partial charge in [-0.2, -0.15) is 4.31 Å². The van der Waals surface area contributed by atoms with Crippen molar-refractivity contribution in [1.82, 2.24) is 4.31 Å². The van der Waals surface area contributed by atoms with Crippen LogP contribution >= 0.6 is 27.5 Å². The standard InChI is InChI=1S/C13H17BrClNO3S/c14-12-9-11(5-6-13(12)15)20(18,19)16(7-2-8-17)10-3-1-4-10/h5-6,9-10,17H,1-4,7-8H2. The van der Waals surface area contributed by atoms with Gasteiger partial charge in [-0.25, -0.2) is 8.42 Å². The number of sulfonamides is 1. The van der Waals surface area contributed by atoms with E-state index in [1.807, 2.05) is 0 Å². The third kappa shape index (κ3) is 3.36.